The molecule has 0 bridgehead atoms. The van der Waals surface area contributed by atoms with Crippen molar-refractivity contribution in [2.45, 2.75) is 12.5 Å². The number of hydrogen-bond acceptors (Lipinski definition) is 2. The van der Waals surface area contributed by atoms with Gasteiger partial charge in [0, 0.05) is 14.9 Å². The van der Waals surface area contributed by atoms with Crippen LogP contribution in [0.2, 0.25) is 0 Å². The van der Waals surface area contributed by atoms with Gasteiger partial charge >= 0.3 is 0 Å². The first-order valence-electron chi connectivity index (χ1n) is 4.90. The lowest BCUT2D eigenvalue weighted by Gasteiger charge is -2.09. The van der Waals surface area contributed by atoms with Gasteiger partial charge in [-0.15, -0.1) is 22.9 Å². The summed E-state index contributed by atoms with van der Waals surface area (Å²) in [7, 11) is 0. The Labute approximate surface area is 126 Å². The van der Waals surface area contributed by atoms with E-state index in [0.29, 0.717) is 12.5 Å². The van der Waals surface area contributed by atoms with Crippen molar-refractivity contribution < 1.29 is 4.74 Å². The molecule has 0 saturated heterocycles. The Kier molecular flexibility index (Phi) is 4.91. The molecule has 1 heterocycles. The molecule has 5 heteroatoms. The van der Waals surface area contributed by atoms with Crippen molar-refractivity contribution >= 4 is 54.8 Å². The van der Waals surface area contributed by atoms with E-state index in [-0.39, 0.29) is 0 Å². The number of thiophene rings is 1. The van der Waals surface area contributed by atoms with Crippen LogP contribution >= 0.6 is 54.8 Å². The Morgan fingerprint density at radius 1 is 1.18 bits per heavy atom. The first-order valence-corrected chi connectivity index (χ1v) is 7.84. The molecule has 0 radical (unpaired) electrons. The number of hydrogen-bond donors (Lipinski definition) is 0. The van der Waals surface area contributed by atoms with Gasteiger partial charge in [-0.2, -0.15) is 0 Å². The first kappa shape index (κ1) is 13.4. The molecule has 0 aliphatic heterocycles. The van der Waals surface area contributed by atoms with Crippen molar-refractivity contribution in [3.8, 4) is 5.75 Å². The second-order valence-corrected chi connectivity index (χ2v) is 7.11. The summed E-state index contributed by atoms with van der Waals surface area (Å²) < 4.78 is 7.90. The fourth-order valence-electron chi connectivity index (χ4n) is 1.37. The maximum absolute atomic E-state index is 5.88. The highest BCUT2D eigenvalue weighted by Gasteiger charge is 2.05. The van der Waals surface area contributed by atoms with Gasteiger partial charge in [0.1, 0.15) is 12.4 Å². The molecule has 1 nitrogen and oxygen atoms in total. The molecule has 2 rings (SSSR count). The largest absolute Gasteiger partial charge is 0.488 e. The van der Waals surface area contributed by atoms with Gasteiger partial charge in [0.25, 0.3) is 0 Å². The monoisotopic (exact) mass is 394 g/mol. The molecule has 0 saturated carbocycles. The highest BCUT2D eigenvalue weighted by atomic mass is 79.9. The minimum atomic E-state index is 0.447. The standard InChI is InChI=1S/C12H9Br2ClOS/c13-9-1-3-11(8(5-9)6-15)16-7-10-2-4-12(14)17-10/h1-5H,6-7H2. The van der Waals surface area contributed by atoms with Crippen molar-refractivity contribution in [2.75, 3.05) is 0 Å². The normalized spacial score (nSPS) is 10.5. The molecular formula is C12H9Br2ClOS. The van der Waals surface area contributed by atoms with E-state index in [2.05, 4.69) is 31.9 Å². The zero-order valence-corrected chi connectivity index (χ0v) is 13.5. The summed E-state index contributed by atoms with van der Waals surface area (Å²) in [5.41, 5.74) is 0.997. The number of halogens is 3. The van der Waals surface area contributed by atoms with E-state index in [1.54, 1.807) is 11.3 Å². The quantitative estimate of drug-likeness (QED) is 0.612. The first-order chi connectivity index (χ1) is 8.19. The highest BCUT2D eigenvalue weighted by Crippen LogP contribution is 2.27. The smallest absolute Gasteiger partial charge is 0.124 e. The lowest BCUT2D eigenvalue weighted by atomic mass is 10.2. The van der Waals surface area contributed by atoms with Crippen molar-refractivity contribution in [3.63, 3.8) is 0 Å². The van der Waals surface area contributed by atoms with Gasteiger partial charge in [-0.1, -0.05) is 15.9 Å². The topological polar surface area (TPSA) is 9.23 Å². The third-order valence-electron chi connectivity index (χ3n) is 2.17. The van der Waals surface area contributed by atoms with Crippen LogP contribution in [0.5, 0.6) is 5.75 Å². The van der Waals surface area contributed by atoms with Gasteiger partial charge in [-0.05, 0) is 46.3 Å². The Morgan fingerprint density at radius 2 is 2.00 bits per heavy atom. The molecule has 0 spiro atoms. The fraction of sp³-hybridized carbons (Fsp3) is 0.167. The van der Waals surface area contributed by atoms with Crippen molar-refractivity contribution in [2.24, 2.45) is 0 Å². The number of alkyl halides is 1. The zero-order chi connectivity index (χ0) is 12.3. The predicted molar refractivity (Wildman–Crippen MR) is 80.1 cm³/mol. The number of ether oxygens (including phenoxy) is 1. The summed E-state index contributed by atoms with van der Waals surface area (Å²) >= 11 is 14.4. The SMILES string of the molecule is ClCc1cc(Br)ccc1OCc1ccc(Br)s1. The molecule has 2 aromatic rings. The van der Waals surface area contributed by atoms with Crippen LogP contribution in [-0.4, -0.2) is 0 Å². The van der Waals surface area contributed by atoms with Crippen LogP contribution < -0.4 is 4.74 Å². The second kappa shape index (κ2) is 6.23. The van der Waals surface area contributed by atoms with Crippen molar-refractivity contribution in [3.05, 3.63) is 49.0 Å². The van der Waals surface area contributed by atoms with E-state index in [9.17, 15) is 0 Å². The van der Waals surface area contributed by atoms with Gasteiger partial charge in [-0.3, -0.25) is 0 Å². The van der Waals surface area contributed by atoms with Crippen LogP contribution in [0.25, 0.3) is 0 Å². The third-order valence-corrected chi connectivity index (χ3v) is 4.54. The van der Waals surface area contributed by atoms with Crippen LogP contribution in [-0.2, 0) is 12.5 Å². The Morgan fingerprint density at radius 3 is 2.65 bits per heavy atom. The molecule has 1 aromatic heterocycles. The van der Waals surface area contributed by atoms with Crippen LogP contribution in [0.3, 0.4) is 0 Å². The second-order valence-electron chi connectivity index (χ2n) is 3.38. The lowest BCUT2D eigenvalue weighted by molar-refractivity contribution is 0.307. The molecule has 0 unspecified atom stereocenters. The zero-order valence-electron chi connectivity index (χ0n) is 8.75. The van der Waals surface area contributed by atoms with Gasteiger partial charge < -0.3 is 4.74 Å². The minimum absolute atomic E-state index is 0.447. The molecule has 0 aliphatic carbocycles. The van der Waals surface area contributed by atoms with E-state index in [4.69, 9.17) is 16.3 Å². The van der Waals surface area contributed by atoms with E-state index < -0.39 is 0 Å². The molecular weight excluding hydrogens is 387 g/mol. The van der Waals surface area contributed by atoms with Gasteiger partial charge in [0.2, 0.25) is 0 Å². The summed E-state index contributed by atoms with van der Waals surface area (Å²) in [5.74, 6) is 1.29. The van der Waals surface area contributed by atoms with E-state index >= 15 is 0 Å². The van der Waals surface area contributed by atoms with Crippen LogP contribution in [0.1, 0.15) is 10.4 Å². The summed E-state index contributed by atoms with van der Waals surface area (Å²) in [5, 5.41) is 0. The maximum Gasteiger partial charge on any atom is 0.124 e. The van der Waals surface area contributed by atoms with Crippen LogP contribution in [0.15, 0.2) is 38.6 Å². The van der Waals surface area contributed by atoms with E-state index in [0.717, 1.165) is 19.6 Å². The predicted octanol–water partition coefficient (Wildman–Crippen LogP) is 5.59. The molecule has 1 aromatic carbocycles. The molecule has 0 atom stereocenters. The van der Waals surface area contributed by atoms with Crippen molar-refractivity contribution in [1.29, 1.82) is 0 Å². The van der Waals surface area contributed by atoms with E-state index in [1.165, 1.54) is 4.88 Å². The van der Waals surface area contributed by atoms with Crippen molar-refractivity contribution in [1.82, 2.24) is 0 Å². The van der Waals surface area contributed by atoms with Crippen LogP contribution in [0.4, 0.5) is 0 Å². The molecule has 90 valence electrons. The van der Waals surface area contributed by atoms with Gasteiger partial charge in [0.05, 0.1) is 9.67 Å². The summed E-state index contributed by atoms with van der Waals surface area (Å²) in [6.07, 6.45) is 0. The molecule has 17 heavy (non-hydrogen) atoms. The fourth-order valence-corrected chi connectivity index (χ4v) is 3.39. The Balaban J connectivity index is 2.08. The third kappa shape index (κ3) is 3.71. The van der Waals surface area contributed by atoms with E-state index in [1.807, 2.05) is 30.3 Å². The summed E-state index contributed by atoms with van der Waals surface area (Å²) in [6.45, 7) is 0.571. The highest BCUT2D eigenvalue weighted by molar-refractivity contribution is 9.11. The molecule has 0 N–H and O–H groups in total. The molecule has 0 amide bonds. The van der Waals surface area contributed by atoms with Gasteiger partial charge in [0.15, 0.2) is 0 Å². The number of benzene rings is 1. The summed E-state index contributed by atoms with van der Waals surface area (Å²) in [4.78, 5) is 1.18. The number of rotatable bonds is 4. The maximum atomic E-state index is 5.88. The Hall–Kier alpha value is -0.0300. The van der Waals surface area contributed by atoms with Gasteiger partial charge in [-0.25, -0.2) is 0 Å². The molecule has 0 fully saturated rings. The lowest BCUT2D eigenvalue weighted by Crippen LogP contribution is -1.96. The minimum Gasteiger partial charge on any atom is -0.488 e. The average Bonchev–Trinajstić information content (AvgIpc) is 2.73. The average molecular weight is 397 g/mol. The summed E-state index contributed by atoms with van der Waals surface area (Å²) in [6, 6.07) is 9.94. The van der Waals surface area contributed by atoms with Crippen LogP contribution in [0, 0.1) is 0 Å². The Bertz CT molecular complexity index is 513. The molecule has 0 aliphatic rings.